The number of benzene rings is 3. The first kappa shape index (κ1) is 23.3. The van der Waals surface area contributed by atoms with Crippen LogP contribution in [0.5, 0.6) is 0 Å². The zero-order valence-corrected chi connectivity index (χ0v) is 21.8. The zero-order chi connectivity index (χ0) is 25.7. The van der Waals surface area contributed by atoms with E-state index in [1.807, 2.05) is 0 Å². The van der Waals surface area contributed by atoms with Gasteiger partial charge in [-0.05, 0) is 90.3 Å². The Morgan fingerprint density at radius 1 is 0.737 bits per heavy atom. The van der Waals surface area contributed by atoms with E-state index in [-0.39, 0.29) is 5.41 Å². The summed E-state index contributed by atoms with van der Waals surface area (Å²) in [5.74, 6) is 1.40. The molecule has 3 saturated carbocycles. The van der Waals surface area contributed by atoms with Crippen molar-refractivity contribution in [3.8, 4) is 6.07 Å². The molecule has 38 heavy (non-hydrogen) atoms. The third-order valence-corrected chi connectivity index (χ3v) is 10.2. The Kier molecular flexibility index (Phi) is 5.63. The first-order valence-corrected chi connectivity index (χ1v) is 14.4. The molecule has 7 rings (SSSR count). The minimum absolute atomic E-state index is 0.110. The third-order valence-electron chi connectivity index (χ3n) is 10.2. The number of nitriles is 1. The van der Waals surface area contributed by atoms with E-state index >= 15 is 0 Å². The number of hydrogen-bond donors (Lipinski definition) is 0. The van der Waals surface area contributed by atoms with Crippen LogP contribution in [0.2, 0.25) is 0 Å². The summed E-state index contributed by atoms with van der Waals surface area (Å²) in [6.07, 6.45) is 9.32. The van der Waals surface area contributed by atoms with E-state index in [0.717, 1.165) is 25.7 Å². The molecule has 0 radical (unpaired) electrons. The lowest BCUT2D eigenvalue weighted by Crippen LogP contribution is -2.57. The number of anilines is 3. The SMILES string of the molecule is [C-]#[N+]C(C#N)=C1C2CCCCC2C2(c3ccccc3N(c3ccccc3)c3ccccc32)C2CCCCC12. The summed E-state index contributed by atoms with van der Waals surface area (Å²) in [6, 6.07) is 31.5. The summed E-state index contributed by atoms with van der Waals surface area (Å²) in [5.41, 5.74) is 8.21. The molecule has 188 valence electrons. The van der Waals surface area contributed by atoms with Gasteiger partial charge in [0.25, 0.3) is 5.70 Å². The number of allylic oxidation sites excluding steroid dienone is 2. The predicted octanol–water partition coefficient (Wildman–Crippen LogP) is 9.08. The minimum Gasteiger partial charge on any atom is -0.310 e. The molecule has 1 aliphatic heterocycles. The van der Waals surface area contributed by atoms with Crippen LogP contribution in [-0.2, 0) is 5.41 Å². The van der Waals surface area contributed by atoms with Gasteiger partial charge in [-0.3, -0.25) is 0 Å². The second-order valence-corrected chi connectivity index (χ2v) is 11.6. The Morgan fingerprint density at radius 3 is 1.76 bits per heavy atom. The summed E-state index contributed by atoms with van der Waals surface area (Å²) in [4.78, 5) is 6.32. The molecule has 1 heterocycles. The Labute approximate surface area is 226 Å². The normalized spacial score (nSPS) is 26.7. The van der Waals surface area contributed by atoms with Gasteiger partial charge in [-0.15, -0.1) is 0 Å². The van der Waals surface area contributed by atoms with Crippen LogP contribution < -0.4 is 4.90 Å². The molecule has 0 bridgehead atoms. The van der Waals surface area contributed by atoms with Gasteiger partial charge in [0, 0.05) is 11.1 Å². The number of nitrogens with zero attached hydrogens (tertiary/aromatic N) is 3. The Hall–Kier alpha value is -3.82. The smallest absolute Gasteiger partial charge is 0.261 e. The quantitative estimate of drug-likeness (QED) is 0.249. The number of para-hydroxylation sites is 3. The van der Waals surface area contributed by atoms with Gasteiger partial charge in [0.1, 0.15) is 0 Å². The van der Waals surface area contributed by atoms with Crippen molar-refractivity contribution >= 4 is 17.1 Å². The lowest BCUT2D eigenvalue weighted by molar-refractivity contribution is 0.0263. The summed E-state index contributed by atoms with van der Waals surface area (Å²) in [6.45, 7) is 7.94. The third kappa shape index (κ3) is 3.12. The van der Waals surface area contributed by atoms with Crippen LogP contribution in [0.15, 0.2) is 90.1 Å². The maximum absolute atomic E-state index is 10.1. The maximum atomic E-state index is 10.1. The molecule has 0 saturated heterocycles. The Bertz CT molecular complexity index is 1400. The van der Waals surface area contributed by atoms with Crippen molar-refractivity contribution in [2.45, 2.75) is 56.8 Å². The molecule has 4 atom stereocenters. The first-order valence-electron chi connectivity index (χ1n) is 14.4. The number of rotatable bonds is 1. The number of hydrogen-bond acceptors (Lipinski definition) is 2. The van der Waals surface area contributed by atoms with Gasteiger partial charge in [0.15, 0.2) is 0 Å². The van der Waals surface area contributed by atoms with Gasteiger partial charge >= 0.3 is 0 Å². The van der Waals surface area contributed by atoms with Crippen LogP contribution in [0.1, 0.15) is 62.5 Å². The molecule has 3 heteroatoms. The largest absolute Gasteiger partial charge is 0.310 e. The van der Waals surface area contributed by atoms with E-state index in [1.165, 1.54) is 59.4 Å². The van der Waals surface area contributed by atoms with Crippen molar-refractivity contribution in [2.75, 3.05) is 4.90 Å². The monoisotopic (exact) mass is 495 g/mol. The second-order valence-electron chi connectivity index (χ2n) is 11.6. The highest BCUT2D eigenvalue weighted by Gasteiger charge is 2.62. The summed E-state index contributed by atoms with van der Waals surface area (Å²) >= 11 is 0. The van der Waals surface area contributed by atoms with E-state index < -0.39 is 0 Å². The zero-order valence-electron chi connectivity index (χ0n) is 21.8. The van der Waals surface area contributed by atoms with Gasteiger partial charge < -0.3 is 4.90 Å². The molecular formula is C35H33N3. The van der Waals surface area contributed by atoms with E-state index in [1.54, 1.807) is 0 Å². The molecule has 4 aliphatic rings. The Morgan fingerprint density at radius 2 is 1.24 bits per heavy atom. The number of fused-ring (bicyclic) bond motifs is 8. The van der Waals surface area contributed by atoms with Crippen molar-refractivity contribution in [1.29, 1.82) is 5.26 Å². The molecule has 0 N–H and O–H groups in total. The van der Waals surface area contributed by atoms with Crippen LogP contribution in [0, 0.1) is 41.6 Å². The van der Waals surface area contributed by atoms with Crippen molar-refractivity contribution in [2.24, 2.45) is 23.7 Å². The van der Waals surface area contributed by atoms with Crippen molar-refractivity contribution < 1.29 is 0 Å². The molecule has 3 nitrogen and oxygen atoms in total. The fraction of sp³-hybridized carbons (Fsp3) is 0.371. The van der Waals surface area contributed by atoms with Crippen LogP contribution in [0.4, 0.5) is 17.1 Å². The van der Waals surface area contributed by atoms with Gasteiger partial charge in [0.05, 0.1) is 24.0 Å². The fourth-order valence-electron chi connectivity index (χ4n) is 9.12. The predicted molar refractivity (Wildman–Crippen MR) is 152 cm³/mol. The van der Waals surface area contributed by atoms with Gasteiger partial charge in [-0.2, -0.15) is 0 Å². The Balaban J connectivity index is 1.57. The van der Waals surface area contributed by atoms with E-state index in [9.17, 15) is 5.26 Å². The fourth-order valence-corrected chi connectivity index (χ4v) is 9.12. The summed E-state index contributed by atoms with van der Waals surface area (Å²) in [7, 11) is 0. The van der Waals surface area contributed by atoms with Crippen molar-refractivity contribution in [1.82, 2.24) is 0 Å². The lowest BCUT2D eigenvalue weighted by atomic mass is 9.42. The summed E-state index contributed by atoms with van der Waals surface area (Å²) in [5, 5.41) is 10.1. The standard InChI is InChI=1S/C35H33N3/c1-37-31(23-36)34-25-15-5-7-17-27(25)35(28-18-8-6-16-26(28)34)29-19-9-11-21-32(29)38(24-13-3-2-4-14-24)33-22-12-10-20-30(33)35/h2-4,9-14,19-22,25-28H,5-8,15-18H2. The topological polar surface area (TPSA) is 31.4 Å². The molecule has 0 amide bonds. The van der Waals surface area contributed by atoms with Crippen LogP contribution in [-0.4, -0.2) is 0 Å². The van der Waals surface area contributed by atoms with Gasteiger partial charge in [-0.1, -0.05) is 80.3 Å². The average Bonchev–Trinajstić information content (AvgIpc) is 2.99. The highest BCUT2D eigenvalue weighted by Crippen LogP contribution is 2.69. The van der Waals surface area contributed by atoms with Crippen molar-refractivity contribution in [3.63, 3.8) is 0 Å². The molecule has 4 unspecified atom stereocenters. The lowest BCUT2D eigenvalue weighted by Gasteiger charge is -2.63. The van der Waals surface area contributed by atoms with Crippen LogP contribution in [0.25, 0.3) is 4.85 Å². The highest BCUT2D eigenvalue weighted by atomic mass is 15.2. The van der Waals surface area contributed by atoms with E-state index in [2.05, 4.69) is 94.7 Å². The first-order chi connectivity index (χ1) is 18.8. The van der Waals surface area contributed by atoms with Crippen molar-refractivity contribution in [3.05, 3.63) is 113 Å². The summed E-state index contributed by atoms with van der Waals surface area (Å²) < 4.78 is 0. The van der Waals surface area contributed by atoms with Crippen LogP contribution >= 0.6 is 0 Å². The van der Waals surface area contributed by atoms with Crippen LogP contribution in [0.3, 0.4) is 0 Å². The molecular weight excluding hydrogens is 462 g/mol. The van der Waals surface area contributed by atoms with E-state index in [0.29, 0.717) is 29.4 Å². The molecule has 3 fully saturated rings. The van der Waals surface area contributed by atoms with E-state index in [4.69, 9.17) is 6.57 Å². The molecule has 3 aromatic rings. The van der Waals surface area contributed by atoms with Gasteiger partial charge in [-0.25, -0.2) is 10.1 Å². The van der Waals surface area contributed by atoms with Gasteiger partial charge in [0.2, 0.25) is 0 Å². The average molecular weight is 496 g/mol. The molecule has 0 aromatic heterocycles. The second kappa shape index (κ2) is 9.18. The minimum atomic E-state index is -0.110. The maximum Gasteiger partial charge on any atom is 0.261 e. The molecule has 1 spiro atoms. The molecule has 3 aliphatic carbocycles. The molecule has 3 aromatic carbocycles. The highest BCUT2D eigenvalue weighted by molar-refractivity contribution is 5.86.